The second-order valence-corrected chi connectivity index (χ2v) is 5.77. The standard InChI is InChI=1S/C13H19NO4/c1-6-7(2)14(18)9(11(6)15)5-8-10(12(16)17)13(8,3)4/h8,10,15,18H,5H2,1-4H3,(H,16,17). The van der Waals surface area contributed by atoms with E-state index in [1.165, 1.54) is 0 Å². The zero-order valence-corrected chi connectivity index (χ0v) is 11.1. The first kappa shape index (κ1) is 12.8. The number of carbonyl (C=O) groups is 1. The van der Waals surface area contributed by atoms with Crippen LogP contribution in [0.4, 0.5) is 0 Å². The Morgan fingerprint density at radius 1 is 1.39 bits per heavy atom. The van der Waals surface area contributed by atoms with Crippen molar-refractivity contribution in [3.8, 4) is 5.75 Å². The summed E-state index contributed by atoms with van der Waals surface area (Å²) >= 11 is 0. The quantitative estimate of drug-likeness (QED) is 0.719. The summed E-state index contributed by atoms with van der Waals surface area (Å²) in [5, 5.41) is 28.9. The van der Waals surface area contributed by atoms with Gasteiger partial charge in [-0.25, -0.2) is 0 Å². The van der Waals surface area contributed by atoms with Crippen LogP contribution in [0.25, 0.3) is 0 Å². The largest absolute Gasteiger partial charge is 0.506 e. The second-order valence-electron chi connectivity index (χ2n) is 5.77. The van der Waals surface area contributed by atoms with Gasteiger partial charge in [0, 0.05) is 5.56 Å². The van der Waals surface area contributed by atoms with Crippen molar-refractivity contribution in [1.29, 1.82) is 0 Å². The topological polar surface area (TPSA) is 82.7 Å². The molecule has 1 saturated carbocycles. The smallest absolute Gasteiger partial charge is 0.307 e. The molecule has 0 aliphatic heterocycles. The average molecular weight is 253 g/mol. The fraction of sp³-hybridized carbons (Fsp3) is 0.615. The summed E-state index contributed by atoms with van der Waals surface area (Å²) in [6.45, 7) is 7.24. The Balaban J connectivity index is 2.27. The highest BCUT2D eigenvalue weighted by molar-refractivity contribution is 5.75. The van der Waals surface area contributed by atoms with E-state index in [9.17, 15) is 15.1 Å². The second kappa shape index (κ2) is 3.67. The molecule has 5 nitrogen and oxygen atoms in total. The summed E-state index contributed by atoms with van der Waals surface area (Å²) in [4.78, 5) is 11.1. The van der Waals surface area contributed by atoms with Crippen LogP contribution in [0.3, 0.4) is 0 Å². The molecule has 1 aromatic heterocycles. The molecule has 2 rings (SSSR count). The molecular formula is C13H19NO4. The van der Waals surface area contributed by atoms with E-state index in [4.69, 9.17) is 5.11 Å². The van der Waals surface area contributed by atoms with Crippen molar-refractivity contribution in [1.82, 2.24) is 4.73 Å². The Bertz CT molecular complexity index is 490. The zero-order chi connectivity index (χ0) is 13.8. The van der Waals surface area contributed by atoms with Gasteiger partial charge in [0.15, 0.2) is 0 Å². The summed E-state index contributed by atoms with van der Waals surface area (Å²) < 4.78 is 0.970. The number of aromatic nitrogens is 1. The molecule has 0 amide bonds. The van der Waals surface area contributed by atoms with Crippen LogP contribution in [-0.4, -0.2) is 26.1 Å². The number of rotatable bonds is 3. The minimum atomic E-state index is -0.811. The third-order valence-corrected chi connectivity index (χ3v) is 4.47. The van der Waals surface area contributed by atoms with Gasteiger partial charge < -0.3 is 15.4 Å². The first-order chi connectivity index (χ1) is 8.19. The lowest BCUT2D eigenvalue weighted by molar-refractivity contribution is -0.139. The highest BCUT2D eigenvalue weighted by Crippen LogP contribution is 2.60. The van der Waals surface area contributed by atoms with Gasteiger partial charge in [-0.15, -0.1) is 0 Å². The van der Waals surface area contributed by atoms with E-state index in [0.717, 1.165) is 4.73 Å². The lowest BCUT2D eigenvalue weighted by Crippen LogP contribution is -2.05. The molecule has 0 aromatic carbocycles. The maximum Gasteiger partial charge on any atom is 0.307 e. The lowest BCUT2D eigenvalue weighted by atomic mass is 10.1. The first-order valence-corrected chi connectivity index (χ1v) is 6.01. The minimum absolute atomic E-state index is 0.0551. The number of hydrogen-bond donors (Lipinski definition) is 3. The van der Waals surface area contributed by atoms with Gasteiger partial charge in [0.05, 0.1) is 17.3 Å². The van der Waals surface area contributed by atoms with Crippen molar-refractivity contribution in [2.45, 2.75) is 34.1 Å². The molecule has 1 aliphatic rings. The van der Waals surface area contributed by atoms with Crippen LogP contribution in [0.5, 0.6) is 5.75 Å². The number of carboxylic acids is 1. The predicted octanol–water partition coefficient (Wildman–Crippen LogP) is 1.95. The van der Waals surface area contributed by atoms with Crippen LogP contribution in [0, 0.1) is 31.1 Å². The van der Waals surface area contributed by atoms with Gasteiger partial charge in [-0.3, -0.25) is 4.79 Å². The van der Waals surface area contributed by atoms with Gasteiger partial charge in [0.2, 0.25) is 0 Å². The van der Waals surface area contributed by atoms with Crippen molar-refractivity contribution >= 4 is 5.97 Å². The van der Waals surface area contributed by atoms with Gasteiger partial charge in [0.25, 0.3) is 0 Å². The summed E-state index contributed by atoms with van der Waals surface area (Å²) in [6.07, 6.45) is 0.376. The van der Waals surface area contributed by atoms with Crippen LogP contribution < -0.4 is 0 Å². The lowest BCUT2D eigenvalue weighted by Gasteiger charge is -2.05. The van der Waals surface area contributed by atoms with Gasteiger partial charge in [0.1, 0.15) is 5.75 Å². The summed E-state index contributed by atoms with van der Waals surface area (Å²) in [5.74, 6) is -1.20. The molecule has 100 valence electrons. The molecule has 5 heteroatoms. The highest BCUT2D eigenvalue weighted by Gasteiger charge is 2.62. The van der Waals surface area contributed by atoms with Crippen molar-refractivity contribution < 1.29 is 20.2 Å². The molecule has 0 spiro atoms. The van der Waals surface area contributed by atoms with Crippen molar-refractivity contribution in [3.05, 3.63) is 17.0 Å². The maximum absolute atomic E-state index is 11.1. The third-order valence-electron chi connectivity index (χ3n) is 4.47. The van der Waals surface area contributed by atoms with E-state index in [-0.39, 0.29) is 17.1 Å². The van der Waals surface area contributed by atoms with Gasteiger partial charge in [-0.1, -0.05) is 13.8 Å². The van der Waals surface area contributed by atoms with Crippen LogP contribution in [-0.2, 0) is 11.2 Å². The van der Waals surface area contributed by atoms with E-state index >= 15 is 0 Å². The SMILES string of the molecule is Cc1c(O)c(CC2C(C(=O)O)C2(C)C)n(O)c1C. The van der Waals surface area contributed by atoms with Crippen LogP contribution in [0.2, 0.25) is 0 Å². The Hall–Kier alpha value is -1.65. The highest BCUT2D eigenvalue weighted by atomic mass is 16.5. The summed E-state index contributed by atoms with van der Waals surface area (Å²) in [7, 11) is 0. The van der Waals surface area contributed by atoms with E-state index < -0.39 is 11.9 Å². The number of aliphatic carboxylic acids is 1. The van der Waals surface area contributed by atoms with Crippen molar-refractivity contribution in [3.63, 3.8) is 0 Å². The van der Waals surface area contributed by atoms with Crippen LogP contribution >= 0.6 is 0 Å². The molecule has 1 fully saturated rings. The Morgan fingerprint density at radius 3 is 2.28 bits per heavy atom. The van der Waals surface area contributed by atoms with Gasteiger partial charge >= 0.3 is 5.97 Å². The minimum Gasteiger partial charge on any atom is -0.506 e. The molecule has 1 heterocycles. The molecule has 0 radical (unpaired) electrons. The average Bonchev–Trinajstić information content (AvgIpc) is 2.78. The number of nitrogens with zero attached hydrogens (tertiary/aromatic N) is 1. The molecule has 3 N–H and O–H groups in total. The van der Waals surface area contributed by atoms with E-state index in [2.05, 4.69) is 0 Å². The third kappa shape index (κ3) is 1.57. The van der Waals surface area contributed by atoms with Crippen molar-refractivity contribution in [2.24, 2.45) is 17.3 Å². The van der Waals surface area contributed by atoms with Crippen LogP contribution in [0.1, 0.15) is 30.8 Å². The Morgan fingerprint density at radius 2 is 1.94 bits per heavy atom. The summed E-state index contributed by atoms with van der Waals surface area (Å²) in [6, 6.07) is 0. The Kier molecular flexibility index (Phi) is 2.61. The fourth-order valence-corrected chi connectivity index (χ4v) is 2.86. The number of hydrogen-bond acceptors (Lipinski definition) is 3. The van der Waals surface area contributed by atoms with Crippen molar-refractivity contribution in [2.75, 3.05) is 0 Å². The normalized spacial score (nSPS) is 25.1. The molecule has 2 atom stereocenters. The fourth-order valence-electron chi connectivity index (χ4n) is 2.86. The molecule has 0 saturated heterocycles. The number of aromatic hydroxyl groups is 1. The predicted molar refractivity (Wildman–Crippen MR) is 64.9 cm³/mol. The monoisotopic (exact) mass is 253 g/mol. The molecule has 0 bridgehead atoms. The molecule has 1 aliphatic carbocycles. The van der Waals surface area contributed by atoms with E-state index in [1.54, 1.807) is 13.8 Å². The first-order valence-electron chi connectivity index (χ1n) is 6.01. The molecule has 2 unspecified atom stereocenters. The molecule has 18 heavy (non-hydrogen) atoms. The zero-order valence-electron chi connectivity index (χ0n) is 11.1. The van der Waals surface area contributed by atoms with E-state index in [1.807, 2.05) is 13.8 Å². The van der Waals surface area contributed by atoms with Gasteiger partial charge in [-0.2, -0.15) is 4.73 Å². The Labute approximate surface area is 106 Å². The van der Waals surface area contributed by atoms with Gasteiger partial charge in [-0.05, 0) is 31.6 Å². The van der Waals surface area contributed by atoms with Crippen LogP contribution in [0.15, 0.2) is 0 Å². The van der Waals surface area contributed by atoms with E-state index in [0.29, 0.717) is 23.4 Å². The number of carboxylic acid groups (broad SMARTS) is 1. The maximum atomic E-state index is 11.1. The molecular weight excluding hydrogens is 234 g/mol. The molecule has 1 aromatic rings. The summed E-state index contributed by atoms with van der Waals surface area (Å²) in [5.41, 5.74) is 1.35.